The van der Waals surface area contributed by atoms with E-state index < -0.39 is 5.60 Å². The molecule has 0 unspecified atom stereocenters. The van der Waals surface area contributed by atoms with Crippen molar-refractivity contribution >= 4 is 17.7 Å². The van der Waals surface area contributed by atoms with Gasteiger partial charge in [-0.25, -0.2) is 4.79 Å². The molecule has 0 radical (unpaired) electrons. The molecule has 1 aromatic carbocycles. The first-order valence-electron chi connectivity index (χ1n) is 7.63. The van der Waals surface area contributed by atoms with Crippen LogP contribution in [0, 0.1) is 11.3 Å². The first-order chi connectivity index (χ1) is 10.8. The summed E-state index contributed by atoms with van der Waals surface area (Å²) in [6.45, 7) is 6.69. The number of amides is 1. The molecule has 0 bridgehead atoms. The van der Waals surface area contributed by atoms with Crippen LogP contribution in [0.4, 0.5) is 4.79 Å². The minimum Gasteiger partial charge on any atom is -0.489 e. The fraction of sp³-hybridized carbons (Fsp3) is 0.529. The Balaban J connectivity index is 1.98. The molecule has 0 aliphatic carbocycles. The summed E-state index contributed by atoms with van der Waals surface area (Å²) in [6, 6.07) is 6.99. The van der Waals surface area contributed by atoms with Crippen molar-refractivity contribution in [3.8, 4) is 11.8 Å². The number of likely N-dealkylation sites (tertiary alicyclic amines) is 1. The zero-order valence-corrected chi connectivity index (χ0v) is 14.4. The minimum atomic E-state index is -0.508. The topological polar surface area (TPSA) is 62.6 Å². The molecule has 1 amide bonds. The lowest BCUT2D eigenvalue weighted by molar-refractivity contribution is 0.00776. The number of hydrogen-bond acceptors (Lipinski definition) is 4. The number of halogens is 1. The number of carbonyl (C=O) groups excluding carboxylic acids is 1. The van der Waals surface area contributed by atoms with Gasteiger partial charge in [0.1, 0.15) is 23.5 Å². The van der Waals surface area contributed by atoms with Gasteiger partial charge in [-0.15, -0.1) is 0 Å². The summed E-state index contributed by atoms with van der Waals surface area (Å²) < 4.78 is 11.3. The van der Waals surface area contributed by atoms with Gasteiger partial charge in [-0.3, -0.25) is 0 Å². The predicted molar refractivity (Wildman–Crippen MR) is 87.6 cm³/mol. The molecule has 0 spiro atoms. The van der Waals surface area contributed by atoms with Crippen molar-refractivity contribution in [2.75, 3.05) is 13.1 Å². The molecule has 0 aromatic heterocycles. The number of rotatable bonds is 2. The maximum atomic E-state index is 12.1. The quantitative estimate of drug-likeness (QED) is 0.819. The fourth-order valence-electron chi connectivity index (χ4n) is 2.38. The summed E-state index contributed by atoms with van der Waals surface area (Å²) in [5.41, 5.74) is -0.0935. The molecule has 1 aromatic rings. The predicted octanol–water partition coefficient (Wildman–Crippen LogP) is 3.99. The van der Waals surface area contributed by atoms with Gasteiger partial charge in [0.15, 0.2) is 0 Å². The average molecular weight is 337 g/mol. The van der Waals surface area contributed by atoms with Crippen LogP contribution in [0.3, 0.4) is 0 Å². The van der Waals surface area contributed by atoms with E-state index in [-0.39, 0.29) is 12.2 Å². The number of nitriles is 1. The molecule has 1 saturated heterocycles. The normalized spacial score (nSPS) is 18.2. The lowest BCUT2D eigenvalue weighted by Crippen LogP contribution is -2.46. The van der Waals surface area contributed by atoms with Crippen LogP contribution in [0.25, 0.3) is 0 Å². The summed E-state index contributed by atoms with van der Waals surface area (Å²) in [4.78, 5) is 13.8. The standard InChI is InChI=1S/C17H21ClN2O3/c1-17(2,3)23-16(21)20-8-4-5-14(11-20)22-13-7-6-12(10-19)15(18)9-13/h6-7,9,14H,4-5,8,11H2,1-3H3/t14-/m1/s1. The molecule has 0 N–H and O–H groups in total. The summed E-state index contributed by atoms with van der Waals surface area (Å²) in [5, 5.41) is 9.25. The van der Waals surface area contributed by atoms with E-state index in [1.807, 2.05) is 26.8 Å². The molecule has 1 fully saturated rings. The molecule has 1 aliphatic rings. The molecule has 0 saturated carbocycles. The SMILES string of the molecule is CC(C)(C)OC(=O)N1CCC[C@@H](Oc2ccc(C#N)c(Cl)c2)C1. The third-order valence-electron chi connectivity index (χ3n) is 3.39. The number of carbonyl (C=O) groups is 1. The molecule has 1 aliphatic heterocycles. The van der Waals surface area contributed by atoms with Gasteiger partial charge in [-0.2, -0.15) is 5.26 Å². The van der Waals surface area contributed by atoms with Crippen LogP contribution in [0.15, 0.2) is 18.2 Å². The van der Waals surface area contributed by atoms with Crippen LogP contribution in [-0.4, -0.2) is 35.8 Å². The monoisotopic (exact) mass is 336 g/mol. The van der Waals surface area contributed by atoms with Crippen molar-refractivity contribution in [1.29, 1.82) is 5.26 Å². The molecule has 1 heterocycles. The van der Waals surface area contributed by atoms with Gasteiger partial charge >= 0.3 is 6.09 Å². The first-order valence-corrected chi connectivity index (χ1v) is 8.00. The molecule has 1 atom stereocenters. The van der Waals surface area contributed by atoms with Crippen molar-refractivity contribution in [1.82, 2.24) is 4.90 Å². The third kappa shape index (κ3) is 5.04. The lowest BCUT2D eigenvalue weighted by atomic mass is 10.1. The molecule has 5 nitrogen and oxygen atoms in total. The van der Waals surface area contributed by atoms with E-state index in [9.17, 15) is 4.79 Å². The van der Waals surface area contributed by atoms with Crippen LogP contribution in [-0.2, 0) is 4.74 Å². The van der Waals surface area contributed by atoms with Crippen LogP contribution in [0.2, 0.25) is 5.02 Å². The Hall–Kier alpha value is -1.93. The molecule has 6 heteroatoms. The zero-order chi connectivity index (χ0) is 17.0. The van der Waals surface area contributed by atoms with Crippen LogP contribution in [0.5, 0.6) is 5.75 Å². The molecular weight excluding hydrogens is 316 g/mol. The summed E-state index contributed by atoms with van der Waals surface area (Å²) >= 11 is 6.01. The third-order valence-corrected chi connectivity index (χ3v) is 3.71. The highest BCUT2D eigenvalue weighted by molar-refractivity contribution is 6.31. The van der Waals surface area contributed by atoms with Crippen molar-refractivity contribution in [2.45, 2.75) is 45.3 Å². The van der Waals surface area contributed by atoms with E-state index in [2.05, 4.69) is 0 Å². The zero-order valence-electron chi connectivity index (χ0n) is 13.6. The minimum absolute atomic E-state index is 0.111. The molecule has 124 valence electrons. The molecule has 2 rings (SSSR count). The van der Waals surface area contributed by atoms with Gasteiger partial charge in [-0.1, -0.05) is 11.6 Å². The Labute approximate surface area is 141 Å². The highest BCUT2D eigenvalue weighted by Gasteiger charge is 2.28. The van der Waals surface area contributed by atoms with E-state index >= 15 is 0 Å². The van der Waals surface area contributed by atoms with Crippen molar-refractivity contribution in [3.05, 3.63) is 28.8 Å². The maximum Gasteiger partial charge on any atom is 0.410 e. The van der Waals surface area contributed by atoms with Crippen LogP contribution >= 0.6 is 11.6 Å². The lowest BCUT2D eigenvalue weighted by Gasteiger charge is -2.34. The van der Waals surface area contributed by atoms with E-state index in [1.54, 1.807) is 23.1 Å². The highest BCUT2D eigenvalue weighted by Crippen LogP contribution is 2.25. The highest BCUT2D eigenvalue weighted by atomic mass is 35.5. The van der Waals surface area contributed by atoms with E-state index in [0.717, 1.165) is 12.8 Å². The molecular formula is C17H21ClN2O3. The summed E-state index contributed by atoms with van der Waals surface area (Å²) in [5.74, 6) is 0.602. The van der Waals surface area contributed by atoms with Gasteiger partial charge in [-0.05, 0) is 45.7 Å². The van der Waals surface area contributed by atoms with Gasteiger partial charge < -0.3 is 14.4 Å². The van der Waals surface area contributed by atoms with Crippen LogP contribution < -0.4 is 4.74 Å². The summed E-state index contributed by atoms with van der Waals surface area (Å²) in [6.07, 6.45) is 1.29. The number of ether oxygens (including phenoxy) is 2. The average Bonchev–Trinajstić information content (AvgIpc) is 2.46. The van der Waals surface area contributed by atoms with E-state index in [0.29, 0.717) is 29.4 Å². The molecule has 23 heavy (non-hydrogen) atoms. The Morgan fingerprint density at radius 3 is 2.78 bits per heavy atom. The van der Waals surface area contributed by atoms with Gasteiger partial charge in [0.05, 0.1) is 17.1 Å². The second-order valence-electron chi connectivity index (χ2n) is 6.56. The van der Waals surface area contributed by atoms with Crippen molar-refractivity contribution < 1.29 is 14.3 Å². The number of piperidine rings is 1. The number of nitrogens with zero attached hydrogens (tertiary/aromatic N) is 2. The van der Waals surface area contributed by atoms with Gasteiger partial charge in [0.25, 0.3) is 0 Å². The largest absolute Gasteiger partial charge is 0.489 e. The second-order valence-corrected chi connectivity index (χ2v) is 6.97. The first kappa shape index (κ1) is 17.4. The van der Waals surface area contributed by atoms with E-state index in [4.69, 9.17) is 26.3 Å². The van der Waals surface area contributed by atoms with E-state index in [1.165, 1.54) is 0 Å². The number of hydrogen-bond donors (Lipinski definition) is 0. The fourth-order valence-corrected chi connectivity index (χ4v) is 2.59. The van der Waals surface area contributed by atoms with Crippen LogP contribution in [0.1, 0.15) is 39.2 Å². The van der Waals surface area contributed by atoms with Gasteiger partial charge in [0, 0.05) is 12.6 Å². The summed E-state index contributed by atoms with van der Waals surface area (Å²) in [7, 11) is 0. The van der Waals surface area contributed by atoms with Crippen molar-refractivity contribution in [3.63, 3.8) is 0 Å². The Morgan fingerprint density at radius 2 is 2.17 bits per heavy atom. The van der Waals surface area contributed by atoms with Crippen molar-refractivity contribution in [2.24, 2.45) is 0 Å². The Bertz CT molecular complexity index is 619. The Kier molecular flexibility index (Phi) is 5.38. The van der Waals surface area contributed by atoms with Gasteiger partial charge in [0.2, 0.25) is 0 Å². The maximum absolute atomic E-state index is 12.1. The second kappa shape index (κ2) is 7.10. The Morgan fingerprint density at radius 1 is 1.43 bits per heavy atom. The number of benzene rings is 1. The smallest absolute Gasteiger partial charge is 0.410 e.